The van der Waals surface area contributed by atoms with E-state index in [1.807, 2.05) is 0 Å². The lowest BCUT2D eigenvalue weighted by Crippen LogP contribution is -2.28. The Morgan fingerprint density at radius 2 is 2.24 bits per heavy atom. The number of hydrogen-bond donors (Lipinski definition) is 2. The fraction of sp³-hybridized carbons (Fsp3) is 0.154. The molecule has 21 heavy (non-hydrogen) atoms. The van der Waals surface area contributed by atoms with Gasteiger partial charge in [0, 0.05) is 0 Å². The fourth-order valence-electron chi connectivity index (χ4n) is 2.15. The van der Waals surface area contributed by atoms with Crippen LogP contribution in [0, 0.1) is 0 Å². The predicted molar refractivity (Wildman–Crippen MR) is 84.8 cm³/mol. The molecule has 0 aliphatic carbocycles. The number of nitrogens with zero attached hydrogens (tertiary/aromatic N) is 3. The molecule has 0 saturated heterocycles. The van der Waals surface area contributed by atoms with Gasteiger partial charge in [-0.2, -0.15) is 5.10 Å². The highest BCUT2D eigenvalue weighted by molar-refractivity contribution is 9.10. The van der Waals surface area contributed by atoms with Crippen LogP contribution < -0.4 is 11.3 Å². The van der Waals surface area contributed by atoms with Crippen molar-refractivity contribution < 1.29 is 0 Å². The zero-order valence-corrected chi connectivity index (χ0v) is 13.3. The van der Waals surface area contributed by atoms with Crippen LogP contribution in [0.1, 0.15) is 18.8 Å². The van der Waals surface area contributed by atoms with Crippen molar-refractivity contribution in [1.82, 2.24) is 19.7 Å². The van der Waals surface area contributed by atoms with Crippen LogP contribution in [-0.2, 0) is 0 Å². The Hall–Kier alpha value is -1.70. The van der Waals surface area contributed by atoms with Crippen LogP contribution >= 0.6 is 27.5 Å². The van der Waals surface area contributed by atoms with Crippen molar-refractivity contribution in [3.8, 4) is 5.82 Å². The zero-order chi connectivity index (χ0) is 15.1. The first-order valence-corrected chi connectivity index (χ1v) is 7.33. The Balaban J connectivity index is 2.50. The Morgan fingerprint density at radius 1 is 1.48 bits per heavy atom. The Labute approximate surface area is 133 Å². The third-order valence-electron chi connectivity index (χ3n) is 3.08. The van der Waals surface area contributed by atoms with Crippen molar-refractivity contribution in [2.75, 3.05) is 0 Å². The monoisotopic (exact) mass is 367 g/mol. The van der Waals surface area contributed by atoms with E-state index in [-0.39, 0.29) is 5.56 Å². The summed E-state index contributed by atoms with van der Waals surface area (Å²) in [5.74, 6) is 0.904. The summed E-state index contributed by atoms with van der Waals surface area (Å²) in [5, 5.41) is 7.38. The van der Waals surface area contributed by atoms with Gasteiger partial charge in [0.25, 0.3) is 5.56 Å². The lowest BCUT2D eigenvalue weighted by atomic mass is 10.2. The summed E-state index contributed by atoms with van der Waals surface area (Å²) in [4.78, 5) is 17.3. The molecule has 3 aromatic rings. The summed E-state index contributed by atoms with van der Waals surface area (Å²) >= 11 is 9.49. The summed E-state index contributed by atoms with van der Waals surface area (Å²) in [5.41, 5.74) is 6.19. The molecule has 0 spiro atoms. The molecule has 1 aromatic carbocycles. The number of rotatable bonds is 2. The van der Waals surface area contributed by atoms with Crippen molar-refractivity contribution in [2.45, 2.75) is 13.0 Å². The molecule has 0 aliphatic heterocycles. The van der Waals surface area contributed by atoms with Gasteiger partial charge in [0.2, 0.25) is 0 Å². The largest absolute Gasteiger partial charge is 0.322 e. The summed E-state index contributed by atoms with van der Waals surface area (Å²) in [6.07, 6.45) is 1.56. The quantitative estimate of drug-likeness (QED) is 0.727. The van der Waals surface area contributed by atoms with E-state index in [1.54, 1.807) is 31.3 Å². The number of nitrogens with two attached hydrogens (primary N) is 1. The number of aromatic amines is 1. The summed E-state index contributed by atoms with van der Waals surface area (Å²) in [6, 6.07) is 4.71. The summed E-state index contributed by atoms with van der Waals surface area (Å²) in [7, 11) is 0. The lowest BCUT2D eigenvalue weighted by molar-refractivity contribution is 0.687. The highest BCUT2D eigenvalue weighted by Crippen LogP contribution is 2.24. The molecule has 0 bridgehead atoms. The van der Waals surface area contributed by atoms with Gasteiger partial charge < -0.3 is 5.73 Å². The zero-order valence-electron chi connectivity index (χ0n) is 11.0. The minimum atomic E-state index is -0.434. The molecule has 0 saturated carbocycles. The van der Waals surface area contributed by atoms with Crippen molar-refractivity contribution in [3.63, 3.8) is 0 Å². The summed E-state index contributed by atoms with van der Waals surface area (Å²) < 4.78 is 2.04. The lowest BCUT2D eigenvalue weighted by Gasteiger charge is -2.15. The fourth-order valence-corrected chi connectivity index (χ4v) is 2.77. The first kappa shape index (κ1) is 14.2. The molecule has 6 nitrogen and oxygen atoms in total. The first-order valence-electron chi connectivity index (χ1n) is 6.16. The molecule has 2 aromatic heterocycles. The third kappa shape index (κ3) is 2.27. The number of benzene rings is 1. The molecule has 3 rings (SSSR count). The molecule has 0 unspecified atom stereocenters. The van der Waals surface area contributed by atoms with E-state index < -0.39 is 6.04 Å². The van der Waals surface area contributed by atoms with E-state index in [9.17, 15) is 4.79 Å². The number of aromatic nitrogens is 4. The molecule has 2 heterocycles. The van der Waals surface area contributed by atoms with Crippen LogP contribution in [0.15, 0.2) is 33.7 Å². The van der Waals surface area contributed by atoms with Crippen molar-refractivity contribution in [2.24, 2.45) is 5.73 Å². The predicted octanol–water partition coefficient (Wildman–Crippen LogP) is 2.54. The molecule has 0 aliphatic rings. The molecule has 0 radical (unpaired) electrons. The molecule has 3 N–H and O–H groups in total. The summed E-state index contributed by atoms with van der Waals surface area (Å²) in [6.45, 7) is 1.76. The van der Waals surface area contributed by atoms with E-state index in [2.05, 4.69) is 31.1 Å². The van der Waals surface area contributed by atoms with Crippen molar-refractivity contribution in [1.29, 1.82) is 0 Å². The smallest absolute Gasteiger partial charge is 0.268 e. The van der Waals surface area contributed by atoms with Crippen LogP contribution in [-0.4, -0.2) is 19.7 Å². The van der Waals surface area contributed by atoms with Crippen LogP contribution in [0.2, 0.25) is 5.02 Å². The Morgan fingerprint density at radius 3 is 2.86 bits per heavy atom. The highest BCUT2D eigenvalue weighted by atomic mass is 79.9. The molecule has 0 amide bonds. The standard InChI is InChI=1S/C13H11BrClN5O/c1-6(16)11-18-9-4-2-3-8(15)10(9)13(21)20(11)12-7(14)5-17-19-12/h2-6H,16H2,1H3,(H,17,19)/t6-/m0/s1. The Kier molecular flexibility index (Phi) is 3.56. The third-order valence-corrected chi connectivity index (χ3v) is 3.97. The first-order chi connectivity index (χ1) is 10.0. The van der Waals surface area contributed by atoms with Gasteiger partial charge in [0.15, 0.2) is 5.82 Å². The second-order valence-corrected chi connectivity index (χ2v) is 5.86. The SMILES string of the molecule is C[C@H](N)c1nc2cccc(Cl)c2c(=O)n1-c1[nH]ncc1Br. The topological polar surface area (TPSA) is 89.6 Å². The number of hydrogen-bond acceptors (Lipinski definition) is 4. The number of nitrogens with one attached hydrogen (secondary N) is 1. The second-order valence-electron chi connectivity index (χ2n) is 4.60. The van der Waals surface area contributed by atoms with Gasteiger partial charge in [-0.1, -0.05) is 17.7 Å². The molecule has 0 fully saturated rings. The number of halogens is 2. The maximum absolute atomic E-state index is 12.8. The van der Waals surface area contributed by atoms with Crippen LogP contribution in [0.5, 0.6) is 0 Å². The van der Waals surface area contributed by atoms with E-state index in [1.165, 1.54) is 4.57 Å². The minimum absolute atomic E-state index is 0.289. The maximum atomic E-state index is 12.8. The minimum Gasteiger partial charge on any atom is -0.322 e. The van der Waals surface area contributed by atoms with Crippen molar-refractivity contribution >= 4 is 38.4 Å². The van der Waals surface area contributed by atoms with Crippen LogP contribution in [0.3, 0.4) is 0 Å². The molecule has 108 valence electrons. The number of H-pyrrole nitrogens is 1. The normalized spacial score (nSPS) is 12.8. The van der Waals surface area contributed by atoms with E-state index in [0.717, 1.165) is 0 Å². The van der Waals surface area contributed by atoms with Gasteiger partial charge in [0.05, 0.1) is 32.6 Å². The molecule has 8 heteroatoms. The maximum Gasteiger partial charge on any atom is 0.268 e. The van der Waals surface area contributed by atoms with Gasteiger partial charge in [0.1, 0.15) is 5.82 Å². The average molecular weight is 369 g/mol. The van der Waals surface area contributed by atoms with Gasteiger partial charge >= 0.3 is 0 Å². The Bertz CT molecular complexity index is 886. The second kappa shape index (κ2) is 5.25. The number of fused-ring (bicyclic) bond motifs is 1. The average Bonchev–Trinajstić information content (AvgIpc) is 2.84. The van der Waals surface area contributed by atoms with E-state index in [0.29, 0.717) is 32.0 Å². The highest BCUT2D eigenvalue weighted by Gasteiger charge is 2.19. The van der Waals surface area contributed by atoms with E-state index in [4.69, 9.17) is 17.3 Å². The van der Waals surface area contributed by atoms with Gasteiger partial charge in [-0.15, -0.1) is 0 Å². The molecular weight excluding hydrogens is 358 g/mol. The van der Waals surface area contributed by atoms with Gasteiger partial charge in [-0.3, -0.25) is 9.89 Å². The van der Waals surface area contributed by atoms with Crippen LogP contribution in [0.25, 0.3) is 16.7 Å². The van der Waals surface area contributed by atoms with Crippen LogP contribution in [0.4, 0.5) is 0 Å². The molecule has 1 atom stereocenters. The van der Waals surface area contributed by atoms with Crippen molar-refractivity contribution in [3.05, 3.63) is 50.1 Å². The van der Waals surface area contributed by atoms with E-state index >= 15 is 0 Å². The molecular formula is C13H11BrClN5O. The van der Waals surface area contributed by atoms with Gasteiger partial charge in [-0.05, 0) is 35.0 Å². The van der Waals surface area contributed by atoms with Gasteiger partial charge in [-0.25, -0.2) is 9.55 Å².